The molecule has 5 nitrogen and oxygen atoms in total. The minimum absolute atomic E-state index is 0.00534. The van der Waals surface area contributed by atoms with Crippen LogP contribution in [0.1, 0.15) is 18.6 Å². The summed E-state index contributed by atoms with van der Waals surface area (Å²) in [7, 11) is 0. The van der Waals surface area contributed by atoms with E-state index in [4.69, 9.17) is 9.47 Å². The largest absolute Gasteiger partial charge is 0.389 e. The Morgan fingerprint density at radius 1 is 1.30 bits per heavy atom. The van der Waals surface area contributed by atoms with Crippen molar-refractivity contribution in [3.05, 3.63) is 35.9 Å². The van der Waals surface area contributed by atoms with E-state index in [1.54, 1.807) is 0 Å². The van der Waals surface area contributed by atoms with Crippen LogP contribution in [0.5, 0.6) is 0 Å². The van der Waals surface area contributed by atoms with E-state index in [1.807, 2.05) is 37.3 Å². The predicted molar refractivity (Wildman–Crippen MR) is 77.2 cm³/mol. The van der Waals surface area contributed by atoms with Crippen LogP contribution in [-0.4, -0.2) is 55.7 Å². The van der Waals surface area contributed by atoms with Gasteiger partial charge in [-0.05, 0) is 12.5 Å². The lowest BCUT2D eigenvalue weighted by Gasteiger charge is -2.28. The van der Waals surface area contributed by atoms with Crippen LogP contribution in [0.3, 0.4) is 0 Å². The fraction of sp³-hybridized carbons (Fsp3) is 0.600. The first kappa shape index (κ1) is 15.4. The number of benzene rings is 1. The van der Waals surface area contributed by atoms with Crippen molar-refractivity contribution in [2.45, 2.75) is 19.1 Å². The number of hydrogen-bond donors (Lipinski definition) is 2. The summed E-state index contributed by atoms with van der Waals surface area (Å²) in [6, 6.07) is 10.0. The molecule has 1 fully saturated rings. The van der Waals surface area contributed by atoms with Crippen LogP contribution in [0, 0.1) is 0 Å². The molecule has 1 aromatic rings. The number of nitrogens with zero attached hydrogens (tertiary/aromatic N) is 1. The van der Waals surface area contributed by atoms with Crippen LogP contribution in [0.4, 0.5) is 0 Å². The number of rotatable bonds is 7. The second-order valence-electron chi connectivity index (χ2n) is 5.00. The van der Waals surface area contributed by atoms with Crippen molar-refractivity contribution in [3.63, 3.8) is 0 Å². The second kappa shape index (κ2) is 8.34. The first-order chi connectivity index (χ1) is 9.75. The van der Waals surface area contributed by atoms with Crippen molar-refractivity contribution in [2.24, 2.45) is 0 Å². The van der Waals surface area contributed by atoms with Crippen LogP contribution in [0.2, 0.25) is 0 Å². The molecule has 20 heavy (non-hydrogen) atoms. The Morgan fingerprint density at radius 2 is 2.00 bits per heavy atom. The average Bonchev–Trinajstić information content (AvgIpc) is 2.52. The number of hydrogen-bond acceptors (Lipinski definition) is 5. The lowest BCUT2D eigenvalue weighted by molar-refractivity contribution is -0.0252. The van der Waals surface area contributed by atoms with Crippen LogP contribution >= 0.6 is 0 Å². The van der Waals surface area contributed by atoms with E-state index >= 15 is 0 Å². The van der Waals surface area contributed by atoms with Crippen LogP contribution in [0.15, 0.2) is 30.3 Å². The molecule has 1 aromatic carbocycles. The van der Waals surface area contributed by atoms with Crippen molar-refractivity contribution in [1.82, 2.24) is 10.4 Å². The SMILES string of the molecule is CC(OCC(O)CNN1CCOCC1)c1ccccc1. The van der Waals surface area contributed by atoms with Gasteiger partial charge < -0.3 is 14.6 Å². The van der Waals surface area contributed by atoms with Crippen LogP contribution < -0.4 is 5.43 Å². The summed E-state index contributed by atoms with van der Waals surface area (Å²) < 4.78 is 11.0. The second-order valence-corrected chi connectivity index (χ2v) is 5.00. The molecule has 0 bridgehead atoms. The molecule has 112 valence electrons. The number of hydrazine groups is 1. The topological polar surface area (TPSA) is 54.0 Å². The summed E-state index contributed by atoms with van der Waals surface area (Å²) >= 11 is 0. The summed E-state index contributed by atoms with van der Waals surface area (Å²) in [5.41, 5.74) is 4.33. The maximum absolute atomic E-state index is 9.93. The quantitative estimate of drug-likeness (QED) is 0.779. The van der Waals surface area contributed by atoms with Gasteiger partial charge in [0.1, 0.15) is 0 Å². The number of aliphatic hydroxyl groups excluding tert-OH is 1. The van der Waals surface area contributed by atoms with E-state index in [0.717, 1.165) is 31.9 Å². The minimum Gasteiger partial charge on any atom is -0.389 e. The maximum Gasteiger partial charge on any atom is 0.0912 e. The number of aliphatic hydroxyl groups is 1. The Morgan fingerprint density at radius 3 is 2.70 bits per heavy atom. The van der Waals surface area contributed by atoms with Gasteiger partial charge in [-0.3, -0.25) is 5.43 Å². The number of nitrogens with one attached hydrogen (secondary N) is 1. The van der Waals surface area contributed by atoms with Gasteiger partial charge in [-0.1, -0.05) is 30.3 Å². The molecule has 1 saturated heterocycles. The molecule has 2 atom stereocenters. The van der Waals surface area contributed by atoms with Gasteiger partial charge in [-0.25, -0.2) is 5.01 Å². The zero-order valence-corrected chi connectivity index (χ0v) is 12.0. The van der Waals surface area contributed by atoms with Crippen molar-refractivity contribution in [1.29, 1.82) is 0 Å². The molecule has 1 aliphatic rings. The normalized spacial score (nSPS) is 19.7. The van der Waals surface area contributed by atoms with Gasteiger partial charge >= 0.3 is 0 Å². The summed E-state index contributed by atoms with van der Waals surface area (Å²) in [5, 5.41) is 12.0. The van der Waals surface area contributed by atoms with Gasteiger partial charge in [0.15, 0.2) is 0 Å². The van der Waals surface area contributed by atoms with E-state index in [-0.39, 0.29) is 6.10 Å². The zero-order valence-electron chi connectivity index (χ0n) is 12.0. The van der Waals surface area contributed by atoms with E-state index < -0.39 is 6.10 Å². The zero-order chi connectivity index (χ0) is 14.2. The summed E-state index contributed by atoms with van der Waals surface area (Å²) in [4.78, 5) is 0. The highest BCUT2D eigenvalue weighted by atomic mass is 16.5. The molecule has 1 heterocycles. The molecule has 1 aliphatic heterocycles. The molecule has 5 heteroatoms. The van der Waals surface area contributed by atoms with Gasteiger partial charge in [-0.15, -0.1) is 0 Å². The van der Waals surface area contributed by atoms with E-state index in [1.165, 1.54) is 0 Å². The lowest BCUT2D eigenvalue weighted by Crippen LogP contribution is -2.48. The highest BCUT2D eigenvalue weighted by Gasteiger charge is 2.13. The Bertz CT molecular complexity index is 369. The predicted octanol–water partition coefficient (Wildman–Crippen LogP) is 0.962. The molecule has 2 unspecified atom stereocenters. The van der Waals surface area contributed by atoms with E-state index in [9.17, 15) is 5.11 Å². The molecule has 0 saturated carbocycles. The Kier molecular flexibility index (Phi) is 6.42. The third kappa shape index (κ3) is 5.19. The first-order valence-corrected chi connectivity index (χ1v) is 7.16. The fourth-order valence-corrected chi connectivity index (χ4v) is 2.09. The third-order valence-electron chi connectivity index (χ3n) is 3.37. The Hall–Kier alpha value is -0.980. The monoisotopic (exact) mass is 280 g/mol. The fourth-order valence-electron chi connectivity index (χ4n) is 2.09. The molecule has 0 amide bonds. The number of ether oxygens (including phenoxy) is 2. The van der Waals surface area contributed by atoms with E-state index in [2.05, 4.69) is 10.4 Å². The number of morpholine rings is 1. The standard InChI is InChI=1S/C15H24N2O3/c1-13(14-5-3-2-4-6-14)20-12-15(18)11-16-17-7-9-19-10-8-17/h2-6,13,15-16,18H,7-12H2,1H3. The molecule has 0 aromatic heterocycles. The molecule has 0 spiro atoms. The molecule has 2 N–H and O–H groups in total. The van der Waals surface area contributed by atoms with E-state index in [0.29, 0.717) is 13.2 Å². The highest BCUT2D eigenvalue weighted by Crippen LogP contribution is 2.15. The summed E-state index contributed by atoms with van der Waals surface area (Å²) in [5.74, 6) is 0. The van der Waals surface area contributed by atoms with Crippen LogP contribution in [-0.2, 0) is 9.47 Å². The first-order valence-electron chi connectivity index (χ1n) is 7.16. The maximum atomic E-state index is 9.93. The van der Waals surface area contributed by atoms with Crippen molar-refractivity contribution in [3.8, 4) is 0 Å². The molecule has 2 rings (SSSR count). The molecular formula is C15H24N2O3. The van der Waals surface area contributed by atoms with Crippen molar-refractivity contribution in [2.75, 3.05) is 39.5 Å². The lowest BCUT2D eigenvalue weighted by atomic mass is 10.1. The summed E-state index contributed by atoms with van der Waals surface area (Å²) in [6.45, 7) is 6.02. The van der Waals surface area contributed by atoms with Gasteiger partial charge in [0.05, 0.1) is 32.0 Å². The van der Waals surface area contributed by atoms with Crippen LogP contribution in [0.25, 0.3) is 0 Å². The van der Waals surface area contributed by atoms with Gasteiger partial charge in [-0.2, -0.15) is 0 Å². The third-order valence-corrected chi connectivity index (χ3v) is 3.37. The van der Waals surface area contributed by atoms with Crippen molar-refractivity contribution >= 4 is 0 Å². The Balaban J connectivity index is 1.63. The van der Waals surface area contributed by atoms with Gasteiger partial charge in [0.2, 0.25) is 0 Å². The Labute approximate surface area is 120 Å². The minimum atomic E-state index is -0.510. The van der Waals surface area contributed by atoms with Gasteiger partial charge in [0.25, 0.3) is 0 Å². The highest BCUT2D eigenvalue weighted by molar-refractivity contribution is 5.16. The van der Waals surface area contributed by atoms with Gasteiger partial charge in [0, 0.05) is 19.6 Å². The molecule has 0 radical (unpaired) electrons. The average molecular weight is 280 g/mol. The van der Waals surface area contributed by atoms with Crippen molar-refractivity contribution < 1.29 is 14.6 Å². The molecular weight excluding hydrogens is 256 g/mol. The molecule has 0 aliphatic carbocycles. The smallest absolute Gasteiger partial charge is 0.0912 e. The summed E-state index contributed by atoms with van der Waals surface area (Å²) in [6.07, 6.45) is -0.516.